The Morgan fingerprint density at radius 3 is 2.80 bits per heavy atom. The number of rotatable bonds is 2. The molecule has 1 aromatic carbocycles. The molecule has 1 aliphatic heterocycles. The molecule has 2 aromatic rings. The van der Waals surface area contributed by atoms with Gasteiger partial charge in [0.2, 0.25) is 0 Å². The first-order chi connectivity index (χ1) is 9.59. The molecule has 0 aliphatic carbocycles. The zero-order valence-corrected chi connectivity index (χ0v) is 11.9. The molecule has 0 radical (unpaired) electrons. The highest BCUT2D eigenvalue weighted by Crippen LogP contribution is 2.33. The fraction of sp³-hybridized carbons (Fsp3) is 0.333. The third-order valence-corrected chi connectivity index (χ3v) is 5.10. The maximum Gasteiger partial charge on any atom is 0.326 e. The second kappa shape index (κ2) is 4.90. The van der Waals surface area contributed by atoms with E-state index in [0.717, 1.165) is 22.1 Å². The summed E-state index contributed by atoms with van der Waals surface area (Å²) in [5.74, 6) is -1.05. The van der Waals surface area contributed by atoms with Gasteiger partial charge in [-0.15, -0.1) is 11.3 Å². The second-order valence-electron chi connectivity index (χ2n) is 5.05. The Morgan fingerprint density at radius 2 is 2.10 bits per heavy atom. The predicted octanol–water partition coefficient (Wildman–Crippen LogP) is 2.90. The van der Waals surface area contributed by atoms with Crippen molar-refractivity contribution in [2.24, 2.45) is 0 Å². The highest BCUT2D eigenvalue weighted by molar-refractivity contribution is 7.21. The van der Waals surface area contributed by atoms with Crippen LogP contribution in [-0.2, 0) is 4.79 Å². The summed E-state index contributed by atoms with van der Waals surface area (Å²) in [5, 5.41) is 10.3. The van der Waals surface area contributed by atoms with Gasteiger partial charge >= 0.3 is 5.97 Å². The van der Waals surface area contributed by atoms with Gasteiger partial charge in [0.05, 0.1) is 4.88 Å². The van der Waals surface area contributed by atoms with Crippen LogP contribution in [0.5, 0.6) is 0 Å². The number of hydrogen-bond donors (Lipinski definition) is 1. The fourth-order valence-electron chi connectivity index (χ4n) is 2.78. The van der Waals surface area contributed by atoms with E-state index in [4.69, 9.17) is 0 Å². The summed E-state index contributed by atoms with van der Waals surface area (Å²) in [4.78, 5) is 26.0. The maximum atomic E-state index is 12.6. The Bertz CT molecular complexity index is 691. The quantitative estimate of drug-likeness (QED) is 0.924. The smallest absolute Gasteiger partial charge is 0.326 e. The normalized spacial score (nSPS) is 18.6. The summed E-state index contributed by atoms with van der Waals surface area (Å²) in [5.41, 5.74) is 0.951. The molecule has 1 aromatic heterocycles. The Balaban J connectivity index is 2.00. The van der Waals surface area contributed by atoms with E-state index in [1.165, 1.54) is 16.2 Å². The average Bonchev–Trinajstić information content (AvgIpc) is 3.04. The SMILES string of the molecule is Cc1c(C(=O)N2CCCC2C(=O)O)sc2ccccc12. The summed E-state index contributed by atoms with van der Waals surface area (Å²) in [7, 11) is 0. The molecule has 1 unspecified atom stereocenters. The Morgan fingerprint density at radius 1 is 1.35 bits per heavy atom. The largest absolute Gasteiger partial charge is 0.480 e. The molecule has 1 saturated heterocycles. The zero-order valence-electron chi connectivity index (χ0n) is 11.1. The highest BCUT2D eigenvalue weighted by Gasteiger charge is 2.35. The molecule has 0 bridgehead atoms. The topological polar surface area (TPSA) is 57.6 Å². The summed E-state index contributed by atoms with van der Waals surface area (Å²) in [6.07, 6.45) is 1.30. The Kier molecular flexibility index (Phi) is 3.22. The zero-order chi connectivity index (χ0) is 14.3. The standard InChI is InChI=1S/C15H15NO3S/c1-9-10-5-2-3-7-12(10)20-13(9)14(17)16-8-4-6-11(16)15(18)19/h2-3,5,7,11H,4,6,8H2,1H3,(H,18,19). The molecule has 0 spiro atoms. The van der Waals surface area contributed by atoms with Crippen molar-refractivity contribution >= 4 is 33.3 Å². The van der Waals surface area contributed by atoms with Crippen molar-refractivity contribution in [2.45, 2.75) is 25.8 Å². The number of thiophene rings is 1. The molecule has 104 valence electrons. The molecule has 4 nitrogen and oxygen atoms in total. The molecule has 2 heterocycles. The van der Waals surface area contributed by atoms with Gasteiger partial charge in [0, 0.05) is 11.2 Å². The van der Waals surface area contributed by atoms with Gasteiger partial charge in [-0.3, -0.25) is 4.79 Å². The van der Waals surface area contributed by atoms with Crippen molar-refractivity contribution in [3.8, 4) is 0 Å². The monoisotopic (exact) mass is 289 g/mol. The van der Waals surface area contributed by atoms with E-state index in [2.05, 4.69) is 0 Å². The third kappa shape index (κ3) is 1.98. The summed E-state index contributed by atoms with van der Waals surface area (Å²) in [6, 6.07) is 7.21. The van der Waals surface area contributed by atoms with E-state index < -0.39 is 12.0 Å². The highest BCUT2D eigenvalue weighted by atomic mass is 32.1. The molecular formula is C15H15NO3S. The first kappa shape index (κ1) is 13.1. The number of carbonyl (C=O) groups is 2. The van der Waals surface area contributed by atoms with E-state index in [0.29, 0.717) is 17.8 Å². The van der Waals surface area contributed by atoms with E-state index in [9.17, 15) is 14.7 Å². The van der Waals surface area contributed by atoms with E-state index in [1.54, 1.807) is 0 Å². The van der Waals surface area contributed by atoms with Gasteiger partial charge in [-0.1, -0.05) is 18.2 Å². The number of carbonyl (C=O) groups excluding carboxylic acids is 1. The van der Waals surface area contributed by atoms with Crippen LogP contribution in [0.3, 0.4) is 0 Å². The first-order valence-corrected chi connectivity index (χ1v) is 7.43. The van der Waals surface area contributed by atoms with Crippen molar-refractivity contribution < 1.29 is 14.7 Å². The number of amides is 1. The predicted molar refractivity (Wildman–Crippen MR) is 78.3 cm³/mol. The van der Waals surface area contributed by atoms with Crippen molar-refractivity contribution in [3.05, 3.63) is 34.7 Å². The fourth-order valence-corrected chi connectivity index (χ4v) is 3.94. The van der Waals surface area contributed by atoms with Crippen LogP contribution in [0.4, 0.5) is 0 Å². The number of carboxylic acid groups (broad SMARTS) is 1. The van der Waals surface area contributed by atoms with Crippen molar-refractivity contribution in [2.75, 3.05) is 6.54 Å². The van der Waals surface area contributed by atoms with Crippen molar-refractivity contribution in [1.29, 1.82) is 0 Å². The lowest BCUT2D eigenvalue weighted by Gasteiger charge is -2.21. The number of carboxylic acids is 1. The number of aliphatic carboxylic acids is 1. The molecule has 1 aliphatic rings. The average molecular weight is 289 g/mol. The van der Waals surface area contributed by atoms with Crippen molar-refractivity contribution in [3.63, 3.8) is 0 Å². The number of nitrogens with zero attached hydrogens (tertiary/aromatic N) is 1. The summed E-state index contributed by atoms with van der Waals surface area (Å²) >= 11 is 1.45. The van der Waals surface area contributed by atoms with Gasteiger partial charge in [-0.05, 0) is 36.8 Å². The van der Waals surface area contributed by atoms with Crippen LogP contribution in [0.15, 0.2) is 24.3 Å². The minimum Gasteiger partial charge on any atom is -0.480 e. The van der Waals surface area contributed by atoms with Crippen molar-refractivity contribution in [1.82, 2.24) is 4.90 Å². The summed E-state index contributed by atoms with van der Waals surface area (Å²) < 4.78 is 1.07. The second-order valence-corrected chi connectivity index (χ2v) is 6.10. The van der Waals surface area contributed by atoms with Gasteiger partial charge in [0.25, 0.3) is 5.91 Å². The first-order valence-electron chi connectivity index (χ1n) is 6.61. The van der Waals surface area contributed by atoms with Gasteiger partial charge in [-0.25, -0.2) is 4.79 Å². The van der Waals surface area contributed by atoms with Crippen LogP contribution in [0.1, 0.15) is 28.1 Å². The van der Waals surface area contributed by atoms with E-state index in [-0.39, 0.29) is 5.91 Å². The number of likely N-dealkylation sites (tertiary alicyclic amines) is 1. The number of aryl methyl sites for hydroxylation is 1. The van der Waals surface area contributed by atoms with Gasteiger partial charge in [0.15, 0.2) is 0 Å². The molecule has 1 atom stereocenters. The lowest BCUT2D eigenvalue weighted by molar-refractivity contribution is -0.141. The van der Waals surface area contributed by atoms with Crippen LogP contribution >= 0.6 is 11.3 Å². The maximum absolute atomic E-state index is 12.6. The Labute approximate surface area is 120 Å². The minimum atomic E-state index is -0.908. The third-order valence-electron chi connectivity index (χ3n) is 3.84. The van der Waals surface area contributed by atoms with Gasteiger partial charge < -0.3 is 10.0 Å². The number of hydrogen-bond acceptors (Lipinski definition) is 3. The van der Waals surface area contributed by atoms with Crippen LogP contribution < -0.4 is 0 Å². The van der Waals surface area contributed by atoms with Gasteiger partial charge in [0.1, 0.15) is 6.04 Å². The molecule has 5 heteroatoms. The number of fused-ring (bicyclic) bond motifs is 1. The minimum absolute atomic E-state index is 0.145. The van der Waals surface area contributed by atoms with Crippen LogP contribution in [-0.4, -0.2) is 34.5 Å². The molecule has 1 fully saturated rings. The molecule has 20 heavy (non-hydrogen) atoms. The van der Waals surface area contributed by atoms with E-state index >= 15 is 0 Å². The van der Waals surface area contributed by atoms with Crippen LogP contribution in [0.25, 0.3) is 10.1 Å². The summed E-state index contributed by atoms with van der Waals surface area (Å²) in [6.45, 7) is 2.46. The van der Waals surface area contributed by atoms with E-state index in [1.807, 2.05) is 31.2 Å². The number of benzene rings is 1. The molecular weight excluding hydrogens is 274 g/mol. The molecule has 1 N–H and O–H groups in total. The lowest BCUT2D eigenvalue weighted by atomic mass is 10.1. The molecule has 0 saturated carbocycles. The molecule has 3 rings (SSSR count). The van der Waals surface area contributed by atoms with Crippen LogP contribution in [0.2, 0.25) is 0 Å². The molecule has 1 amide bonds. The van der Waals surface area contributed by atoms with Gasteiger partial charge in [-0.2, -0.15) is 0 Å². The lowest BCUT2D eigenvalue weighted by Crippen LogP contribution is -2.40. The Hall–Kier alpha value is -1.88. The van der Waals surface area contributed by atoms with Crippen LogP contribution in [0, 0.1) is 6.92 Å².